The van der Waals surface area contributed by atoms with Crippen molar-refractivity contribution in [1.29, 1.82) is 0 Å². The second-order valence-corrected chi connectivity index (χ2v) is 9.94. The van der Waals surface area contributed by atoms with Gasteiger partial charge in [0.15, 0.2) is 0 Å². The molecule has 0 radical (unpaired) electrons. The number of carbonyl (C=O) groups excluding carboxylic acids is 1. The summed E-state index contributed by atoms with van der Waals surface area (Å²) in [6, 6.07) is 20.5. The predicted molar refractivity (Wildman–Crippen MR) is 143 cm³/mol. The summed E-state index contributed by atoms with van der Waals surface area (Å²) in [5.74, 6) is -0.535. The number of benzene rings is 3. The van der Waals surface area contributed by atoms with Crippen molar-refractivity contribution in [3.05, 3.63) is 95.4 Å². The third-order valence-corrected chi connectivity index (χ3v) is 7.45. The molecule has 0 spiro atoms. The normalized spacial score (nSPS) is 17.5. The van der Waals surface area contributed by atoms with Crippen molar-refractivity contribution in [3.63, 3.8) is 0 Å². The van der Waals surface area contributed by atoms with E-state index in [1.165, 1.54) is 17.7 Å². The number of aromatic nitrogens is 1. The first-order valence-corrected chi connectivity index (χ1v) is 12.7. The van der Waals surface area contributed by atoms with E-state index in [1.807, 2.05) is 18.2 Å². The predicted octanol–water partition coefficient (Wildman–Crippen LogP) is 7.35. The molecule has 37 heavy (non-hydrogen) atoms. The lowest BCUT2D eigenvalue weighted by Crippen LogP contribution is -2.16. The van der Waals surface area contributed by atoms with Crippen LogP contribution in [0.3, 0.4) is 0 Å². The minimum Gasteiger partial charge on any atom is -0.481 e. The van der Waals surface area contributed by atoms with Crippen LogP contribution in [0.25, 0.3) is 22.0 Å². The van der Waals surface area contributed by atoms with Crippen molar-refractivity contribution < 1.29 is 19.1 Å². The Morgan fingerprint density at radius 3 is 2.38 bits per heavy atom. The Kier molecular flexibility index (Phi) is 6.99. The van der Waals surface area contributed by atoms with Gasteiger partial charge >= 0.3 is 5.97 Å². The number of fused-ring (bicyclic) bond motifs is 1. The summed E-state index contributed by atoms with van der Waals surface area (Å²) in [4.78, 5) is 28.5. The van der Waals surface area contributed by atoms with Crippen LogP contribution in [-0.2, 0) is 4.79 Å². The van der Waals surface area contributed by atoms with Crippen LogP contribution in [0.5, 0.6) is 0 Å². The first kappa shape index (κ1) is 24.6. The lowest BCUT2D eigenvalue weighted by Gasteiger charge is -2.28. The summed E-state index contributed by atoms with van der Waals surface area (Å²) in [5, 5.41) is 12.7. The molecule has 0 aliphatic heterocycles. The monoisotopic (exact) mass is 496 g/mol. The van der Waals surface area contributed by atoms with E-state index in [4.69, 9.17) is 5.11 Å². The fraction of sp³-hybridized carbons (Fsp3) is 0.258. The molecule has 1 saturated carbocycles. The number of rotatable bonds is 6. The number of hydrogen-bond acceptors (Lipinski definition) is 3. The number of aryl methyl sites for hydroxylation is 1. The number of anilines is 1. The molecule has 1 fully saturated rings. The Balaban J connectivity index is 1.32. The van der Waals surface area contributed by atoms with Gasteiger partial charge in [-0.05, 0) is 97.0 Å². The smallest absolute Gasteiger partial charge is 0.303 e. The van der Waals surface area contributed by atoms with Gasteiger partial charge in [0, 0.05) is 23.7 Å². The highest BCUT2D eigenvalue weighted by Crippen LogP contribution is 2.38. The quantitative estimate of drug-likeness (QED) is 0.292. The lowest BCUT2D eigenvalue weighted by molar-refractivity contribution is -0.138. The molecule has 5 nitrogen and oxygen atoms in total. The van der Waals surface area contributed by atoms with E-state index >= 15 is 0 Å². The third kappa shape index (κ3) is 5.53. The van der Waals surface area contributed by atoms with Crippen molar-refractivity contribution in [1.82, 2.24) is 4.98 Å². The molecular formula is C31H29FN2O3. The van der Waals surface area contributed by atoms with Crippen LogP contribution in [0.4, 0.5) is 10.1 Å². The topological polar surface area (TPSA) is 79.3 Å². The molecule has 0 bridgehead atoms. The van der Waals surface area contributed by atoms with Gasteiger partial charge in [-0.3, -0.25) is 14.6 Å². The average Bonchev–Trinajstić information content (AvgIpc) is 2.90. The number of pyridine rings is 1. The molecule has 1 aliphatic rings. The van der Waals surface area contributed by atoms with Crippen LogP contribution in [0.2, 0.25) is 0 Å². The van der Waals surface area contributed by atoms with Crippen LogP contribution >= 0.6 is 0 Å². The first-order valence-electron chi connectivity index (χ1n) is 12.7. The van der Waals surface area contributed by atoms with Crippen molar-refractivity contribution >= 4 is 28.5 Å². The molecule has 1 aromatic heterocycles. The van der Waals surface area contributed by atoms with Crippen LogP contribution in [-0.4, -0.2) is 22.0 Å². The van der Waals surface area contributed by atoms with E-state index in [-0.39, 0.29) is 18.1 Å². The molecule has 3 aromatic carbocycles. The Hall–Kier alpha value is -4.06. The highest BCUT2D eigenvalue weighted by Gasteiger charge is 2.24. The maximum absolute atomic E-state index is 13.4. The summed E-state index contributed by atoms with van der Waals surface area (Å²) in [6.07, 6.45) is 5.88. The molecule has 5 rings (SSSR count). The van der Waals surface area contributed by atoms with Gasteiger partial charge in [-0.2, -0.15) is 0 Å². The van der Waals surface area contributed by atoms with E-state index in [0.29, 0.717) is 28.7 Å². The summed E-state index contributed by atoms with van der Waals surface area (Å²) in [7, 11) is 0. The number of nitrogens with one attached hydrogen (secondary N) is 1. The summed E-state index contributed by atoms with van der Waals surface area (Å²) >= 11 is 0. The molecule has 1 heterocycles. The molecule has 0 unspecified atom stereocenters. The number of halogens is 1. The molecule has 0 saturated heterocycles. The zero-order valence-electron chi connectivity index (χ0n) is 20.7. The number of amides is 1. The minimum atomic E-state index is -0.701. The SMILES string of the molecule is Cc1cc(F)ccc1NC(=O)c1ccnc2cc(-c3ccc(C4CCC(CC(=O)O)CC4)cc3)ccc12. The fourth-order valence-electron chi connectivity index (χ4n) is 5.38. The number of carboxylic acids is 1. The Morgan fingerprint density at radius 1 is 0.946 bits per heavy atom. The van der Waals surface area contributed by atoms with Gasteiger partial charge in [0.2, 0.25) is 0 Å². The molecule has 4 aromatic rings. The van der Waals surface area contributed by atoms with E-state index in [1.54, 1.807) is 25.3 Å². The second kappa shape index (κ2) is 10.5. The molecule has 0 atom stereocenters. The highest BCUT2D eigenvalue weighted by atomic mass is 19.1. The lowest BCUT2D eigenvalue weighted by atomic mass is 9.77. The Morgan fingerprint density at radius 2 is 1.68 bits per heavy atom. The van der Waals surface area contributed by atoms with Crippen molar-refractivity contribution in [2.45, 2.75) is 44.9 Å². The van der Waals surface area contributed by atoms with Gasteiger partial charge < -0.3 is 10.4 Å². The van der Waals surface area contributed by atoms with Gasteiger partial charge in [-0.15, -0.1) is 0 Å². The number of aliphatic carboxylic acids is 1. The van der Waals surface area contributed by atoms with E-state index in [0.717, 1.165) is 47.7 Å². The van der Waals surface area contributed by atoms with Crippen LogP contribution in [0.15, 0.2) is 72.9 Å². The number of nitrogens with zero attached hydrogens (tertiary/aromatic N) is 1. The summed E-state index contributed by atoms with van der Waals surface area (Å²) < 4.78 is 13.4. The van der Waals surface area contributed by atoms with Gasteiger partial charge in [-0.1, -0.05) is 36.4 Å². The van der Waals surface area contributed by atoms with Crippen molar-refractivity contribution in [2.75, 3.05) is 5.32 Å². The van der Waals surface area contributed by atoms with Gasteiger partial charge in [0.25, 0.3) is 5.91 Å². The number of carboxylic acid groups (broad SMARTS) is 1. The summed E-state index contributed by atoms with van der Waals surface area (Å²) in [5.41, 5.74) is 5.85. The standard InChI is InChI=1S/C31H29FN2O3/c1-19-16-25(32)11-13-28(19)34-31(37)27-14-15-33-29-18-24(10-12-26(27)29)23-8-6-22(7-9-23)21-4-2-20(3-5-21)17-30(35)36/h6-16,18,20-21H,2-5,17H2,1H3,(H,34,37)(H,35,36). The zero-order chi connectivity index (χ0) is 25.9. The number of carbonyl (C=O) groups is 2. The second-order valence-electron chi connectivity index (χ2n) is 9.94. The van der Waals surface area contributed by atoms with E-state index in [2.05, 4.69) is 34.6 Å². The zero-order valence-corrected chi connectivity index (χ0v) is 20.7. The van der Waals surface area contributed by atoms with Gasteiger partial charge in [0.05, 0.1) is 11.1 Å². The maximum atomic E-state index is 13.4. The van der Waals surface area contributed by atoms with Crippen LogP contribution in [0, 0.1) is 18.7 Å². The number of hydrogen-bond donors (Lipinski definition) is 2. The summed E-state index contributed by atoms with van der Waals surface area (Å²) in [6.45, 7) is 1.76. The van der Waals surface area contributed by atoms with Gasteiger partial charge in [0.1, 0.15) is 5.82 Å². The van der Waals surface area contributed by atoms with Crippen LogP contribution in [0.1, 0.15) is 59.5 Å². The Bertz CT molecular complexity index is 1460. The molecular weight excluding hydrogens is 467 g/mol. The Labute approximate surface area is 215 Å². The average molecular weight is 497 g/mol. The van der Waals surface area contributed by atoms with Crippen molar-refractivity contribution in [3.8, 4) is 11.1 Å². The molecule has 1 aliphatic carbocycles. The maximum Gasteiger partial charge on any atom is 0.303 e. The first-order chi connectivity index (χ1) is 17.9. The molecule has 6 heteroatoms. The fourth-order valence-corrected chi connectivity index (χ4v) is 5.38. The molecule has 1 amide bonds. The highest BCUT2D eigenvalue weighted by molar-refractivity contribution is 6.12. The van der Waals surface area contributed by atoms with Crippen LogP contribution < -0.4 is 5.32 Å². The third-order valence-electron chi connectivity index (χ3n) is 7.45. The molecule has 188 valence electrons. The van der Waals surface area contributed by atoms with Gasteiger partial charge in [-0.25, -0.2) is 4.39 Å². The van der Waals surface area contributed by atoms with Crippen molar-refractivity contribution in [2.24, 2.45) is 5.92 Å². The minimum absolute atomic E-state index is 0.266. The molecule has 2 N–H and O–H groups in total. The largest absolute Gasteiger partial charge is 0.481 e. The van der Waals surface area contributed by atoms with E-state index < -0.39 is 5.97 Å². The van der Waals surface area contributed by atoms with E-state index in [9.17, 15) is 14.0 Å².